The van der Waals surface area contributed by atoms with Crippen LogP contribution in [0.4, 0.5) is 5.82 Å². The highest BCUT2D eigenvalue weighted by Crippen LogP contribution is 2.20. The zero-order chi connectivity index (χ0) is 13.1. The molecule has 3 aromatic rings. The first kappa shape index (κ1) is 11.7. The number of nitrogens with one attached hydrogen (secondary N) is 1. The lowest BCUT2D eigenvalue weighted by atomic mass is 10.2. The van der Waals surface area contributed by atoms with E-state index in [0.29, 0.717) is 0 Å². The van der Waals surface area contributed by atoms with Gasteiger partial charge in [0.2, 0.25) is 0 Å². The van der Waals surface area contributed by atoms with Gasteiger partial charge in [-0.2, -0.15) is 0 Å². The second-order valence-corrected chi connectivity index (χ2v) is 4.40. The first-order valence-electron chi connectivity index (χ1n) is 6.52. The van der Waals surface area contributed by atoms with Crippen LogP contribution in [0.2, 0.25) is 0 Å². The van der Waals surface area contributed by atoms with Gasteiger partial charge in [0.25, 0.3) is 0 Å². The molecule has 0 aliphatic carbocycles. The Morgan fingerprint density at radius 1 is 1.16 bits per heavy atom. The molecule has 0 amide bonds. The van der Waals surface area contributed by atoms with E-state index in [0.717, 1.165) is 35.8 Å². The van der Waals surface area contributed by atoms with Crippen molar-refractivity contribution in [2.45, 2.75) is 13.3 Å². The summed E-state index contributed by atoms with van der Waals surface area (Å²) in [7, 11) is 0. The fourth-order valence-corrected chi connectivity index (χ4v) is 2.09. The van der Waals surface area contributed by atoms with Crippen molar-refractivity contribution in [3.63, 3.8) is 0 Å². The number of pyridine rings is 2. The van der Waals surface area contributed by atoms with Gasteiger partial charge in [0.1, 0.15) is 11.5 Å². The second kappa shape index (κ2) is 5.10. The van der Waals surface area contributed by atoms with E-state index in [9.17, 15) is 0 Å². The molecule has 3 rings (SSSR count). The average Bonchev–Trinajstić information content (AvgIpc) is 2.93. The third-order valence-electron chi connectivity index (χ3n) is 3.00. The number of anilines is 1. The molecule has 3 heterocycles. The molecule has 3 aromatic heterocycles. The smallest absolute Gasteiger partial charge is 0.137 e. The van der Waals surface area contributed by atoms with Gasteiger partial charge in [-0.1, -0.05) is 19.1 Å². The Balaban J connectivity index is 2.03. The van der Waals surface area contributed by atoms with Gasteiger partial charge in [-0.15, -0.1) is 0 Å². The SMILES string of the molecule is CCCNc1cccc(-c2cccc3nccn23)n1. The lowest BCUT2D eigenvalue weighted by Gasteiger charge is -2.08. The van der Waals surface area contributed by atoms with E-state index in [1.54, 1.807) is 6.20 Å². The highest BCUT2D eigenvalue weighted by Gasteiger charge is 2.05. The monoisotopic (exact) mass is 252 g/mol. The highest BCUT2D eigenvalue weighted by molar-refractivity contribution is 5.61. The predicted octanol–water partition coefficient (Wildman–Crippen LogP) is 3.22. The quantitative estimate of drug-likeness (QED) is 0.775. The van der Waals surface area contributed by atoms with E-state index in [4.69, 9.17) is 0 Å². The minimum absolute atomic E-state index is 0.913. The molecule has 4 heteroatoms. The molecule has 0 aliphatic heterocycles. The van der Waals surface area contributed by atoms with E-state index < -0.39 is 0 Å². The van der Waals surface area contributed by atoms with Crippen LogP contribution in [0.15, 0.2) is 48.8 Å². The van der Waals surface area contributed by atoms with E-state index in [2.05, 4.69) is 28.3 Å². The molecule has 0 saturated heterocycles. The summed E-state index contributed by atoms with van der Waals surface area (Å²) in [5, 5.41) is 3.31. The fourth-order valence-electron chi connectivity index (χ4n) is 2.09. The normalized spacial score (nSPS) is 10.8. The number of hydrogen-bond acceptors (Lipinski definition) is 3. The Labute approximate surface area is 112 Å². The van der Waals surface area contributed by atoms with Gasteiger partial charge in [0.15, 0.2) is 0 Å². The van der Waals surface area contributed by atoms with E-state index >= 15 is 0 Å². The van der Waals surface area contributed by atoms with Gasteiger partial charge in [0, 0.05) is 18.9 Å². The lowest BCUT2D eigenvalue weighted by Crippen LogP contribution is -2.02. The van der Waals surface area contributed by atoms with E-state index in [-0.39, 0.29) is 0 Å². The largest absolute Gasteiger partial charge is 0.370 e. The molecule has 19 heavy (non-hydrogen) atoms. The first-order chi connectivity index (χ1) is 9.38. The van der Waals surface area contributed by atoms with Crippen LogP contribution in [-0.2, 0) is 0 Å². The molecule has 0 fully saturated rings. The van der Waals surface area contributed by atoms with Gasteiger partial charge in [0.05, 0.1) is 11.4 Å². The topological polar surface area (TPSA) is 42.2 Å². The third-order valence-corrected chi connectivity index (χ3v) is 3.00. The number of rotatable bonds is 4. The summed E-state index contributed by atoms with van der Waals surface area (Å²) >= 11 is 0. The van der Waals surface area contributed by atoms with Gasteiger partial charge in [-0.05, 0) is 30.7 Å². The summed E-state index contributed by atoms with van der Waals surface area (Å²) in [6.45, 7) is 3.08. The fraction of sp³-hybridized carbons (Fsp3) is 0.200. The number of aromatic nitrogens is 3. The summed E-state index contributed by atoms with van der Waals surface area (Å²) in [4.78, 5) is 8.95. The van der Waals surface area contributed by atoms with Crippen LogP contribution < -0.4 is 5.32 Å². The van der Waals surface area contributed by atoms with Gasteiger partial charge >= 0.3 is 0 Å². The Morgan fingerprint density at radius 3 is 2.95 bits per heavy atom. The molecule has 4 nitrogen and oxygen atoms in total. The molecule has 96 valence electrons. The Bertz CT molecular complexity index is 687. The van der Waals surface area contributed by atoms with Crippen molar-refractivity contribution in [2.24, 2.45) is 0 Å². The van der Waals surface area contributed by atoms with Crippen molar-refractivity contribution >= 4 is 11.5 Å². The Kier molecular flexibility index (Phi) is 3.14. The van der Waals surface area contributed by atoms with Crippen LogP contribution in [0.3, 0.4) is 0 Å². The van der Waals surface area contributed by atoms with Gasteiger partial charge in [-0.25, -0.2) is 9.97 Å². The van der Waals surface area contributed by atoms with Crippen molar-refractivity contribution < 1.29 is 0 Å². The van der Waals surface area contributed by atoms with Crippen molar-refractivity contribution in [1.82, 2.24) is 14.4 Å². The van der Waals surface area contributed by atoms with Crippen LogP contribution in [0.25, 0.3) is 17.0 Å². The van der Waals surface area contributed by atoms with E-state index in [1.807, 2.05) is 40.9 Å². The Morgan fingerprint density at radius 2 is 2.05 bits per heavy atom. The Hall–Kier alpha value is -2.36. The van der Waals surface area contributed by atoms with Gasteiger partial charge < -0.3 is 5.32 Å². The molecule has 0 atom stereocenters. The van der Waals surface area contributed by atoms with Crippen molar-refractivity contribution in [3.8, 4) is 11.4 Å². The van der Waals surface area contributed by atoms with E-state index in [1.165, 1.54) is 0 Å². The standard InChI is InChI=1S/C15H16N4/c1-2-9-16-14-7-3-5-12(18-14)13-6-4-8-15-17-10-11-19(13)15/h3-8,10-11H,2,9H2,1H3,(H,16,18). The van der Waals surface area contributed by atoms with Crippen molar-refractivity contribution in [2.75, 3.05) is 11.9 Å². The second-order valence-electron chi connectivity index (χ2n) is 4.40. The van der Waals surface area contributed by atoms with Crippen LogP contribution in [0, 0.1) is 0 Å². The minimum Gasteiger partial charge on any atom is -0.370 e. The highest BCUT2D eigenvalue weighted by atomic mass is 15.0. The average molecular weight is 252 g/mol. The molecule has 0 spiro atoms. The molecule has 0 radical (unpaired) electrons. The van der Waals surface area contributed by atoms with Crippen LogP contribution in [0.1, 0.15) is 13.3 Å². The first-order valence-corrected chi connectivity index (χ1v) is 6.52. The molecule has 0 aliphatic rings. The summed E-state index contributed by atoms with van der Waals surface area (Å²) in [6.07, 6.45) is 4.85. The molecule has 0 aromatic carbocycles. The molecule has 0 bridgehead atoms. The number of nitrogens with zero attached hydrogens (tertiary/aromatic N) is 3. The van der Waals surface area contributed by atoms with Crippen molar-refractivity contribution in [3.05, 3.63) is 48.8 Å². The summed E-state index contributed by atoms with van der Waals surface area (Å²) in [5.74, 6) is 0.913. The molecule has 0 unspecified atom stereocenters. The number of fused-ring (bicyclic) bond motifs is 1. The molecular weight excluding hydrogens is 236 g/mol. The number of imidazole rings is 1. The third kappa shape index (κ3) is 2.29. The van der Waals surface area contributed by atoms with Crippen molar-refractivity contribution in [1.29, 1.82) is 0 Å². The zero-order valence-corrected chi connectivity index (χ0v) is 10.9. The summed E-state index contributed by atoms with van der Waals surface area (Å²) < 4.78 is 2.05. The molecular formula is C15H16N4. The molecule has 1 N–H and O–H groups in total. The minimum atomic E-state index is 0.913. The van der Waals surface area contributed by atoms with Crippen LogP contribution >= 0.6 is 0 Å². The maximum absolute atomic E-state index is 4.65. The maximum Gasteiger partial charge on any atom is 0.137 e. The summed E-state index contributed by atoms with van der Waals surface area (Å²) in [6, 6.07) is 12.1. The molecule has 0 saturated carbocycles. The van der Waals surface area contributed by atoms with Gasteiger partial charge in [-0.3, -0.25) is 4.40 Å². The predicted molar refractivity (Wildman–Crippen MR) is 77.2 cm³/mol. The number of hydrogen-bond donors (Lipinski definition) is 1. The lowest BCUT2D eigenvalue weighted by molar-refractivity contribution is 0.969. The zero-order valence-electron chi connectivity index (χ0n) is 10.9. The summed E-state index contributed by atoms with van der Waals surface area (Å²) in [5.41, 5.74) is 2.94. The van der Waals surface area contributed by atoms with Crippen LogP contribution in [-0.4, -0.2) is 20.9 Å². The maximum atomic E-state index is 4.65. The van der Waals surface area contributed by atoms with Crippen LogP contribution in [0.5, 0.6) is 0 Å².